The summed E-state index contributed by atoms with van der Waals surface area (Å²) in [5, 5.41) is 2.85. The van der Waals surface area contributed by atoms with Crippen molar-refractivity contribution in [2.45, 2.75) is 78.1 Å². The Morgan fingerprint density at radius 2 is 1.35 bits per heavy atom. The Hall–Kier alpha value is -0.510. The van der Waals surface area contributed by atoms with Gasteiger partial charge in [-0.1, -0.05) is 76.5 Å². The highest BCUT2D eigenvalue weighted by molar-refractivity contribution is 8.14. The normalized spacial score (nSPS) is 10.5. The first-order valence-electron chi connectivity index (χ1n) is 8.07. The van der Waals surface area contributed by atoms with Crippen LogP contribution >= 0.6 is 11.8 Å². The van der Waals surface area contributed by atoms with Crippen molar-refractivity contribution >= 4 is 22.8 Å². The second-order valence-electron chi connectivity index (χ2n) is 5.31. The van der Waals surface area contributed by atoms with Crippen LogP contribution in [0.2, 0.25) is 0 Å². The molecule has 3 nitrogen and oxygen atoms in total. The molecule has 0 aliphatic rings. The zero-order valence-corrected chi connectivity index (χ0v) is 14.0. The number of thioether (sulfide) groups is 1. The van der Waals surface area contributed by atoms with Gasteiger partial charge in [0.05, 0.1) is 5.75 Å². The highest BCUT2D eigenvalue weighted by atomic mass is 32.2. The minimum Gasteiger partial charge on any atom is -0.355 e. The lowest BCUT2D eigenvalue weighted by Crippen LogP contribution is -2.26. The number of hydrogen-bond acceptors (Lipinski definition) is 3. The van der Waals surface area contributed by atoms with Crippen molar-refractivity contribution < 1.29 is 9.59 Å². The number of rotatable bonds is 13. The fourth-order valence-corrected chi connectivity index (χ4v) is 2.49. The first-order chi connectivity index (χ1) is 9.66. The summed E-state index contributed by atoms with van der Waals surface area (Å²) in [5.74, 6) is 0.230. The van der Waals surface area contributed by atoms with Gasteiger partial charge in [0, 0.05) is 13.5 Å². The summed E-state index contributed by atoms with van der Waals surface area (Å²) < 4.78 is 0. The monoisotopic (exact) mass is 301 g/mol. The molecule has 0 rings (SSSR count). The molecule has 0 aromatic heterocycles. The van der Waals surface area contributed by atoms with Crippen LogP contribution in [-0.4, -0.2) is 23.3 Å². The van der Waals surface area contributed by atoms with Crippen molar-refractivity contribution in [2.24, 2.45) is 0 Å². The molecular formula is C16H31NO2S. The number of unbranched alkanes of at least 4 members (excludes halogenated alkanes) is 9. The van der Waals surface area contributed by atoms with Crippen LogP contribution in [0.15, 0.2) is 0 Å². The predicted molar refractivity (Wildman–Crippen MR) is 88.0 cm³/mol. The molecule has 118 valence electrons. The lowest BCUT2D eigenvalue weighted by Gasteiger charge is -2.04. The van der Waals surface area contributed by atoms with Crippen LogP contribution in [0.4, 0.5) is 0 Å². The van der Waals surface area contributed by atoms with Crippen molar-refractivity contribution in [1.82, 2.24) is 5.32 Å². The van der Waals surface area contributed by atoms with Gasteiger partial charge in [0.15, 0.2) is 5.12 Å². The summed E-state index contributed by atoms with van der Waals surface area (Å²) in [6.07, 6.45) is 13.0. The fraction of sp³-hybridized carbons (Fsp3) is 0.875. The topological polar surface area (TPSA) is 46.2 Å². The van der Waals surface area contributed by atoms with E-state index in [1.165, 1.54) is 64.7 Å². The zero-order valence-electron chi connectivity index (χ0n) is 13.2. The van der Waals surface area contributed by atoms with Gasteiger partial charge >= 0.3 is 0 Å². The molecule has 0 atom stereocenters. The molecule has 0 radical (unpaired) electrons. The van der Waals surface area contributed by atoms with E-state index in [9.17, 15) is 9.59 Å². The molecule has 1 amide bonds. The van der Waals surface area contributed by atoms with Gasteiger partial charge in [0.25, 0.3) is 0 Å². The predicted octanol–water partition coefficient (Wildman–Crippen LogP) is 4.30. The molecule has 4 heteroatoms. The van der Waals surface area contributed by atoms with Crippen molar-refractivity contribution in [3.63, 3.8) is 0 Å². The van der Waals surface area contributed by atoms with E-state index >= 15 is 0 Å². The van der Waals surface area contributed by atoms with Gasteiger partial charge in [-0.25, -0.2) is 0 Å². The molecule has 0 aliphatic carbocycles. The van der Waals surface area contributed by atoms with Gasteiger partial charge in [0.2, 0.25) is 5.91 Å². The minimum atomic E-state index is -0.0267. The molecule has 20 heavy (non-hydrogen) atoms. The largest absolute Gasteiger partial charge is 0.355 e. The van der Waals surface area contributed by atoms with E-state index in [1.807, 2.05) is 0 Å². The number of nitrogens with one attached hydrogen (secondary N) is 1. The van der Waals surface area contributed by atoms with Gasteiger partial charge in [0.1, 0.15) is 0 Å². The maximum absolute atomic E-state index is 11.3. The summed E-state index contributed by atoms with van der Waals surface area (Å²) in [6, 6.07) is 0. The summed E-state index contributed by atoms with van der Waals surface area (Å²) in [6.45, 7) is 4.48. The third-order valence-electron chi connectivity index (χ3n) is 3.26. The standard InChI is InChI=1S/C16H31NO2S/c1-3-4-5-6-7-8-9-10-11-12-13-17-16(19)14-20-15(2)18/h3-14H2,1-2H3,(H,17,19). The SMILES string of the molecule is CCCCCCCCCCCCNC(=O)CSC(C)=O. The van der Waals surface area contributed by atoms with Crippen LogP contribution in [0.3, 0.4) is 0 Å². The molecule has 1 N–H and O–H groups in total. The molecule has 0 aromatic carbocycles. The highest BCUT2D eigenvalue weighted by Crippen LogP contribution is 2.10. The van der Waals surface area contributed by atoms with Crippen molar-refractivity contribution in [3.8, 4) is 0 Å². The van der Waals surface area contributed by atoms with E-state index in [0.717, 1.165) is 24.7 Å². The van der Waals surface area contributed by atoms with Crippen LogP contribution in [0.1, 0.15) is 78.1 Å². The fourth-order valence-electron chi connectivity index (χ4n) is 2.06. The van der Waals surface area contributed by atoms with Gasteiger partial charge in [-0.2, -0.15) is 0 Å². The van der Waals surface area contributed by atoms with Crippen molar-refractivity contribution in [3.05, 3.63) is 0 Å². The molecule has 0 fully saturated rings. The van der Waals surface area contributed by atoms with Crippen LogP contribution < -0.4 is 5.32 Å². The second-order valence-corrected chi connectivity index (χ2v) is 6.46. The molecule has 0 aliphatic heterocycles. The van der Waals surface area contributed by atoms with Crippen LogP contribution in [-0.2, 0) is 9.59 Å². The van der Waals surface area contributed by atoms with E-state index in [1.54, 1.807) is 0 Å². The van der Waals surface area contributed by atoms with Crippen molar-refractivity contribution in [2.75, 3.05) is 12.3 Å². The summed E-state index contributed by atoms with van der Waals surface area (Å²) in [7, 11) is 0. The number of hydrogen-bond donors (Lipinski definition) is 1. The molecule has 0 aromatic rings. The van der Waals surface area contributed by atoms with E-state index in [4.69, 9.17) is 0 Å². The van der Waals surface area contributed by atoms with E-state index in [-0.39, 0.29) is 16.8 Å². The lowest BCUT2D eigenvalue weighted by atomic mass is 10.1. The van der Waals surface area contributed by atoms with Gasteiger partial charge in [-0.05, 0) is 6.42 Å². The third kappa shape index (κ3) is 15.5. The lowest BCUT2D eigenvalue weighted by molar-refractivity contribution is -0.118. The average molecular weight is 301 g/mol. The molecule has 0 unspecified atom stereocenters. The first kappa shape index (κ1) is 19.5. The van der Waals surface area contributed by atoms with Crippen molar-refractivity contribution in [1.29, 1.82) is 0 Å². The molecule has 0 heterocycles. The Morgan fingerprint density at radius 3 is 1.85 bits per heavy atom. The van der Waals surface area contributed by atoms with E-state index in [0.29, 0.717) is 0 Å². The third-order valence-corrected chi connectivity index (χ3v) is 4.07. The average Bonchev–Trinajstić information content (AvgIpc) is 2.42. The Kier molecular flexibility index (Phi) is 14.5. The Morgan fingerprint density at radius 1 is 0.850 bits per heavy atom. The minimum absolute atomic E-state index is 0.000846. The maximum Gasteiger partial charge on any atom is 0.230 e. The number of carbonyl (C=O) groups excluding carboxylic acids is 2. The molecule has 0 spiro atoms. The maximum atomic E-state index is 11.3. The second kappa shape index (κ2) is 14.9. The highest BCUT2D eigenvalue weighted by Gasteiger charge is 2.02. The van der Waals surface area contributed by atoms with Crippen LogP contribution in [0.5, 0.6) is 0 Å². The molecule has 0 saturated heterocycles. The molecular weight excluding hydrogens is 270 g/mol. The zero-order chi connectivity index (χ0) is 15.1. The first-order valence-corrected chi connectivity index (χ1v) is 9.05. The Bertz CT molecular complexity index is 257. The molecule has 0 saturated carbocycles. The van der Waals surface area contributed by atoms with E-state index < -0.39 is 0 Å². The van der Waals surface area contributed by atoms with Crippen LogP contribution in [0.25, 0.3) is 0 Å². The summed E-state index contributed by atoms with van der Waals surface area (Å²) in [4.78, 5) is 22.0. The Labute approximate surface area is 128 Å². The van der Waals surface area contributed by atoms with Gasteiger partial charge in [-0.15, -0.1) is 0 Å². The van der Waals surface area contributed by atoms with Gasteiger partial charge < -0.3 is 5.32 Å². The summed E-state index contributed by atoms with van der Waals surface area (Å²) >= 11 is 1.07. The molecule has 0 bridgehead atoms. The number of amides is 1. The van der Waals surface area contributed by atoms with E-state index in [2.05, 4.69) is 12.2 Å². The Balaban J connectivity index is 3.12. The van der Waals surface area contributed by atoms with Crippen LogP contribution in [0, 0.1) is 0 Å². The number of carbonyl (C=O) groups is 2. The quantitative estimate of drug-likeness (QED) is 0.516. The summed E-state index contributed by atoms with van der Waals surface area (Å²) in [5.41, 5.74) is 0. The smallest absolute Gasteiger partial charge is 0.230 e. The van der Waals surface area contributed by atoms with Gasteiger partial charge in [-0.3, -0.25) is 9.59 Å².